The highest BCUT2D eigenvalue weighted by Gasteiger charge is 2.53. The summed E-state index contributed by atoms with van der Waals surface area (Å²) in [4.78, 5) is 60.3. The number of benzene rings is 2. The number of allylic oxidation sites excluding steroid dienone is 1. The smallest absolute Gasteiger partial charge is 0.255 e. The molecule has 4 amide bonds. The number of imide groups is 1. The van der Waals surface area contributed by atoms with Crippen molar-refractivity contribution in [3.05, 3.63) is 65.5 Å². The molecule has 66 heavy (non-hydrogen) atoms. The van der Waals surface area contributed by atoms with Crippen molar-refractivity contribution in [1.82, 2.24) is 41.1 Å². The fourth-order valence-corrected chi connectivity index (χ4v) is 13.0. The first kappa shape index (κ1) is 43.9. The Morgan fingerprint density at radius 1 is 0.864 bits per heavy atom. The van der Waals surface area contributed by atoms with Crippen LogP contribution in [0.25, 0.3) is 0 Å². The van der Waals surface area contributed by atoms with Crippen LogP contribution in [0.15, 0.2) is 48.6 Å². The molecule has 8 aliphatic heterocycles. The number of hydrogen-bond donors (Lipinski definition) is 6. The monoisotopic (exact) mass is 908 g/mol. The molecule has 9 aliphatic rings. The molecule has 7 unspecified atom stereocenters. The lowest BCUT2D eigenvalue weighted by atomic mass is 9.76. The largest absolute Gasteiger partial charge is 0.389 e. The van der Waals surface area contributed by atoms with Crippen LogP contribution in [0.3, 0.4) is 0 Å². The maximum absolute atomic E-state index is 15.7. The number of amides is 4. The first-order valence-corrected chi connectivity index (χ1v) is 24.7. The van der Waals surface area contributed by atoms with Gasteiger partial charge < -0.3 is 25.1 Å². The summed E-state index contributed by atoms with van der Waals surface area (Å²) in [6.45, 7) is 8.68. The zero-order valence-corrected chi connectivity index (χ0v) is 38.2. The summed E-state index contributed by atoms with van der Waals surface area (Å²) < 4.78 is 15.7. The predicted octanol–water partition coefficient (Wildman–Crippen LogP) is 3.01. The summed E-state index contributed by atoms with van der Waals surface area (Å²) in [5.41, 5.74) is 3.17. The Morgan fingerprint density at radius 3 is 2.45 bits per heavy atom. The Morgan fingerprint density at radius 2 is 1.67 bits per heavy atom. The predicted molar refractivity (Wildman–Crippen MR) is 247 cm³/mol. The van der Waals surface area contributed by atoms with Crippen molar-refractivity contribution in [2.75, 3.05) is 67.5 Å². The van der Waals surface area contributed by atoms with Crippen molar-refractivity contribution >= 4 is 40.7 Å². The summed E-state index contributed by atoms with van der Waals surface area (Å²) in [6.07, 6.45) is 14.0. The first-order valence-electron chi connectivity index (χ1n) is 24.7. The molecular formula is C49H66FN11O5. The van der Waals surface area contributed by atoms with Gasteiger partial charge in [0.1, 0.15) is 18.1 Å². The number of hydrogen-bond acceptors (Lipinski definition) is 13. The molecule has 1 spiro atoms. The fraction of sp³-hybridized carbons (Fsp3) is 0.633. The number of carbonyl (C=O) groups excluding carboxylic acids is 4. The molecule has 11 rings (SSSR count). The van der Waals surface area contributed by atoms with E-state index < -0.39 is 17.6 Å². The molecule has 7 fully saturated rings. The van der Waals surface area contributed by atoms with Crippen LogP contribution in [0.5, 0.6) is 0 Å². The van der Waals surface area contributed by atoms with Gasteiger partial charge in [-0.05, 0) is 125 Å². The van der Waals surface area contributed by atoms with Crippen molar-refractivity contribution in [2.24, 2.45) is 11.3 Å². The van der Waals surface area contributed by atoms with Gasteiger partial charge in [0.2, 0.25) is 17.7 Å². The minimum atomic E-state index is -0.816. The topological polar surface area (TPSA) is 168 Å². The molecule has 0 radical (unpaired) electrons. The summed E-state index contributed by atoms with van der Waals surface area (Å²) >= 11 is 0. The number of hydrazine groups is 1. The Balaban J connectivity index is 0.659. The van der Waals surface area contributed by atoms with E-state index in [1.807, 2.05) is 11.9 Å². The number of rotatable bonds is 6. The van der Waals surface area contributed by atoms with Crippen LogP contribution in [0.4, 0.5) is 21.5 Å². The van der Waals surface area contributed by atoms with Crippen molar-refractivity contribution < 1.29 is 28.7 Å². The molecule has 17 heteroatoms. The molecule has 16 nitrogen and oxygen atoms in total. The number of anilines is 3. The third-order valence-corrected chi connectivity index (χ3v) is 16.9. The van der Waals surface area contributed by atoms with E-state index in [9.17, 15) is 24.3 Å². The number of aliphatic hydroxyl groups is 1. The zero-order valence-electron chi connectivity index (χ0n) is 38.2. The Hall–Kier alpha value is -4.65. The summed E-state index contributed by atoms with van der Waals surface area (Å²) in [7, 11) is 0. The van der Waals surface area contributed by atoms with E-state index in [-0.39, 0.29) is 78.9 Å². The molecule has 354 valence electrons. The van der Waals surface area contributed by atoms with Gasteiger partial charge >= 0.3 is 0 Å². The van der Waals surface area contributed by atoms with Crippen LogP contribution in [0.2, 0.25) is 0 Å². The van der Waals surface area contributed by atoms with Crippen LogP contribution < -0.4 is 36.4 Å². The molecule has 6 saturated heterocycles. The lowest BCUT2D eigenvalue weighted by molar-refractivity contribution is -0.146. The van der Waals surface area contributed by atoms with Crippen LogP contribution in [-0.2, 0) is 20.9 Å². The average molecular weight is 908 g/mol. The van der Waals surface area contributed by atoms with Gasteiger partial charge in [-0.15, -0.1) is 0 Å². The summed E-state index contributed by atoms with van der Waals surface area (Å²) in [6, 6.07) is 11.7. The van der Waals surface area contributed by atoms with Crippen molar-refractivity contribution in [1.29, 1.82) is 0 Å². The molecule has 1 aliphatic carbocycles. The third kappa shape index (κ3) is 8.16. The van der Waals surface area contributed by atoms with Crippen LogP contribution in [0, 0.1) is 17.2 Å². The van der Waals surface area contributed by atoms with E-state index in [0.717, 1.165) is 83.5 Å². The van der Waals surface area contributed by atoms with Gasteiger partial charge in [0.25, 0.3) is 5.91 Å². The number of halogens is 1. The minimum absolute atomic E-state index is 0.0285. The van der Waals surface area contributed by atoms with Crippen molar-refractivity contribution in [2.45, 2.75) is 133 Å². The number of nitrogens with one attached hydrogen (secondary N) is 5. The lowest BCUT2D eigenvalue weighted by Crippen LogP contribution is -2.69. The SMILES string of the molecule is C[C@@]1(O)CC/C=C\CN2C(=O)C3CNC(Nc4ccc(N5CCN(C6CCC7(CCN(c8cc9c(cc8F)CN(C8CCC(=O)NC8=O)C9=O)CC7)C6)CC5)cc4)NC3N2C2CCCC1N2. The maximum Gasteiger partial charge on any atom is 0.255 e. The van der Waals surface area contributed by atoms with E-state index in [2.05, 4.69) is 82.7 Å². The Bertz CT molecular complexity index is 2240. The number of nitrogens with zero attached hydrogens (tertiary/aromatic N) is 6. The van der Waals surface area contributed by atoms with E-state index >= 15 is 4.39 Å². The molecular weight excluding hydrogens is 842 g/mol. The highest BCUT2D eigenvalue weighted by Crippen LogP contribution is 2.49. The maximum atomic E-state index is 15.7. The number of piperazine rings is 1. The number of piperidine rings is 3. The first-order chi connectivity index (χ1) is 31.9. The van der Waals surface area contributed by atoms with Gasteiger partial charge in [-0.1, -0.05) is 12.2 Å². The van der Waals surface area contributed by atoms with Gasteiger partial charge in [-0.2, -0.15) is 5.01 Å². The fourth-order valence-electron chi connectivity index (χ4n) is 13.0. The third-order valence-electron chi connectivity index (χ3n) is 16.9. The van der Waals surface area contributed by atoms with Gasteiger partial charge in [-0.3, -0.25) is 50.4 Å². The molecule has 2 aromatic carbocycles. The molecule has 2 bridgehead atoms. The Kier molecular flexibility index (Phi) is 11.6. The highest BCUT2D eigenvalue weighted by molar-refractivity contribution is 6.05. The van der Waals surface area contributed by atoms with E-state index in [4.69, 9.17) is 0 Å². The van der Waals surface area contributed by atoms with Gasteiger partial charge in [0.15, 0.2) is 0 Å². The van der Waals surface area contributed by atoms with Crippen LogP contribution >= 0.6 is 0 Å². The standard InChI is InChI=1S/C49H66FN11O5/c1-48(66)15-3-2-4-19-60-46(65)36-29-51-47(55-43(36)61(60)41-7-5-6-40(48)53-41)52-32-8-10-33(11-9-32)56-22-24-57(25-23-56)34-14-16-49(28-34)17-20-58(21-18-49)39-27-35-31(26-37(39)50)30-59(45(35)64)38-12-13-42(62)54-44(38)63/h2,4,8-11,26-27,34,36,38,40-41,43,47,51-53,55,66H,3,5-7,12-25,28-30H2,1H3,(H,54,62,63)/b4-2-/t34?,36?,38?,40?,41?,43?,47?,48-/m1/s1. The summed E-state index contributed by atoms with van der Waals surface area (Å²) in [5, 5.41) is 32.5. The van der Waals surface area contributed by atoms with Crippen LogP contribution in [0.1, 0.15) is 99.9 Å². The van der Waals surface area contributed by atoms with Gasteiger partial charge in [0.05, 0.1) is 36.1 Å². The molecule has 0 aromatic heterocycles. The van der Waals surface area contributed by atoms with Crippen molar-refractivity contribution in [3.8, 4) is 0 Å². The second-order valence-corrected chi connectivity index (χ2v) is 20.9. The van der Waals surface area contributed by atoms with E-state index in [1.165, 1.54) is 35.9 Å². The molecule has 1 saturated carbocycles. The van der Waals surface area contributed by atoms with E-state index in [1.54, 1.807) is 6.07 Å². The molecule has 8 heterocycles. The number of carbonyl (C=O) groups is 4. The highest BCUT2D eigenvalue weighted by atomic mass is 19.1. The lowest BCUT2D eigenvalue weighted by Gasteiger charge is -2.47. The molecule has 8 atom stereocenters. The molecule has 6 N–H and O–H groups in total. The quantitative estimate of drug-likeness (QED) is 0.185. The number of fused-ring (bicyclic) bond motifs is 7. The second-order valence-electron chi connectivity index (χ2n) is 20.9. The Labute approximate surface area is 386 Å². The molecule has 2 aromatic rings. The van der Waals surface area contributed by atoms with Crippen LogP contribution in [-0.4, -0.2) is 143 Å². The summed E-state index contributed by atoms with van der Waals surface area (Å²) in [5.74, 6) is -1.47. The van der Waals surface area contributed by atoms with Gasteiger partial charge in [-0.25, -0.2) is 4.39 Å². The normalized spacial score (nSPS) is 34.5. The second kappa shape index (κ2) is 17.5. The van der Waals surface area contributed by atoms with E-state index in [0.29, 0.717) is 42.4 Å². The minimum Gasteiger partial charge on any atom is -0.389 e. The zero-order chi connectivity index (χ0) is 45.3. The average Bonchev–Trinajstić information content (AvgIpc) is 3.96. The van der Waals surface area contributed by atoms with Crippen molar-refractivity contribution in [3.63, 3.8) is 0 Å². The van der Waals surface area contributed by atoms with Gasteiger partial charge in [0, 0.05) is 87.8 Å².